The highest BCUT2D eigenvalue weighted by Crippen LogP contribution is 2.51. The summed E-state index contributed by atoms with van der Waals surface area (Å²) >= 11 is 0. The molecule has 0 bridgehead atoms. The Morgan fingerprint density at radius 1 is 1.05 bits per heavy atom. The quantitative estimate of drug-likeness (QED) is 0.763. The largest absolute Gasteiger partial charge is 0.493 e. The first kappa shape index (κ1) is 13.5. The molecule has 1 aromatic carbocycles. The van der Waals surface area contributed by atoms with Gasteiger partial charge in [0, 0.05) is 0 Å². The first-order chi connectivity index (χ1) is 9.15. The number of ether oxygens (including phenoxy) is 4. The number of benzene rings is 1. The lowest BCUT2D eigenvalue weighted by molar-refractivity contribution is -0.142. The molecule has 19 heavy (non-hydrogen) atoms. The summed E-state index contributed by atoms with van der Waals surface area (Å²) in [6.45, 7) is 0. The van der Waals surface area contributed by atoms with E-state index in [0.29, 0.717) is 17.2 Å². The molecule has 2 unspecified atom stereocenters. The fraction of sp³-hybridized carbons (Fsp3) is 0.500. The Labute approximate surface area is 112 Å². The summed E-state index contributed by atoms with van der Waals surface area (Å²) in [6.07, 6.45) is 0.797. The van der Waals surface area contributed by atoms with E-state index < -0.39 is 0 Å². The number of carbonyl (C=O) groups is 1. The van der Waals surface area contributed by atoms with Crippen LogP contribution in [0.3, 0.4) is 0 Å². The second-order valence-electron chi connectivity index (χ2n) is 4.43. The summed E-state index contributed by atoms with van der Waals surface area (Å²) in [4.78, 5) is 11.5. The number of hydrogen-bond donors (Lipinski definition) is 0. The van der Waals surface area contributed by atoms with E-state index in [-0.39, 0.29) is 17.8 Å². The molecule has 0 saturated heterocycles. The zero-order valence-corrected chi connectivity index (χ0v) is 11.6. The van der Waals surface area contributed by atoms with Crippen LogP contribution in [0.25, 0.3) is 0 Å². The third-order valence-corrected chi connectivity index (χ3v) is 3.41. The van der Waals surface area contributed by atoms with Crippen molar-refractivity contribution < 1.29 is 23.7 Å². The van der Waals surface area contributed by atoms with Crippen molar-refractivity contribution in [1.29, 1.82) is 0 Å². The van der Waals surface area contributed by atoms with Crippen LogP contribution in [-0.2, 0) is 9.53 Å². The van der Waals surface area contributed by atoms with Crippen LogP contribution in [-0.4, -0.2) is 34.4 Å². The normalized spacial score (nSPS) is 20.6. The van der Waals surface area contributed by atoms with E-state index in [2.05, 4.69) is 0 Å². The van der Waals surface area contributed by atoms with Crippen LogP contribution in [0, 0.1) is 5.92 Å². The van der Waals surface area contributed by atoms with Gasteiger partial charge in [-0.15, -0.1) is 0 Å². The average Bonchev–Trinajstić information content (AvgIpc) is 3.25. The Bertz CT molecular complexity index is 458. The molecule has 0 spiro atoms. The maximum absolute atomic E-state index is 11.5. The van der Waals surface area contributed by atoms with Gasteiger partial charge in [0.1, 0.15) is 0 Å². The second kappa shape index (κ2) is 5.38. The molecule has 1 fully saturated rings. The van der Waals surface area contributed by atoms with E-state index in [9.17, 15) is 4.79 Å². The predicted molar refractivity (Wildman–Crippen MR) is 69.0 cm³/mol. The third kappa shape index (κ3) is 2.45. The van der Waals surface area contributed by atoms with Crippen molar-refractivity contribution in [2.45, 2.75) is 12.3 Å². The SMILES string of the molecule is COC(=O)C1CC1c1cc(OC)c(OC)c(OC)c1. The van der Waals surface area contributed by atoms with Gasteiger partial charge in [0.15, 0.2) is 11.5 Å². The molecule has 104 valence electrons. The minimum atomic E-state index is -0.168. The van der Waals surface area contributed by atoms with E-state index in [1.54, 1.807) is 21.3 Å². The Hall–Kier alpha value is -1.91. The van der Waals surface area contributed by atoms with Crippen molar-refractivity contribution in [2.24, 2.45) is 5.92 Å². The lowest BCUT2D eigenvalue weighted by Crippen LogP contribution is -2.04. The topological polar surface area (TPSA) is 54.0 Å². The van der Waals surface area contributed by atoms with Crippen LogP contribution in [0.1, 0.15) is 17.9 Å². The molecule has 0 amide bonds. The standard InChI is InChI=1S/C14H18O5/c1-16-11-5-8(6-12(17-2)13(11)18-3)9-7-10(9)14(15)19-4/h5-6,9-10H,7H2,1-4H3. The zero-order chi connectivity index (χ0) is 14.0. The van der Waals surface area contributed by atoms with Crippen molar-refractivity contribution in [2.75, 3.05) is 28.4 Å². The van der Waals surface area contributed by atoms with Crippen LogP contribution in [0.4, 0.5) is 0 Å². The van der Waals surface area contributed by atoms with Gasteiger partial charge in [-0.3, -0.25) is 4.79 Å². The van der Waals surface area contributed by atoms with Gasteiger partial charge < -0.3 is 18.9 Å². The average molecular weight is 266 g/mol. The lowest BCUT2D eigenvalue weighted by Gasteiger charge is -2.14. The maximum Gasteiger partial charge on any atom is 0.309 e. The Morgan fingerprint density at radius 3 is 2.05 bits per heavy atom. The lowest BCUT2D eigenvalue weighted by atomic mass is 10.1. The molecule has 0 radical (unpaired) electrons. The summed E-state index contributed by atoms with van der Waals surface area (Å²) in [5, 5.41) is 0. The molecule has 1 saturated carbocycles. The molecule has 5 nitrogen and oxygen atoms in total. The van der Waals surface area contributed by atoms with Crippen LogP contribution in [0.15, 0.2) is 12.1 Å². The van der Waals surface area contributed by atoms with E-state index in [1.165, 1.54) is 7.11 Å². The summed E-state index contributed by atoms with van der Waals surface area (Å²) in [6, 6.07) is 3.77. The van der Waals surface area contributed by atoms with E-state index >= 15 is 0 Å². The van der Waals surface area contributed by atoms with Gasteiger partial charge >= 0.3 is 5.97 Å². The molecule has 1 aromatic rings. The Morgan fingerprint density at radius 2 is 1.63 bits per heavy atom. The molecule has 0 heterocycles. The zero-order valence-electron chi connectivity index (χ0n) is 11.6. The maximum atomic E-state index is 11.5. The van der Waals surface area contributed by atoms with Crippen molar-refractivity contribution in [1.82, 2.24) is 0 Å². The number of methoxy groups -OCH3 is 4. The van der Waals surface area contributed by atoms with E-state index in [4.69, 9.17) is 18.9 Å². The minimum absolute atomic E-state index is 0.0622. The predicted octanol–water partition coefficient (Wildman–Crippen LogP) is 1.99. The van der Waals surface area contributed by atoms with Crippen molar-refractivity contribution in [3.8, 4) is 17.2 Å². The van der Waals surface area contributed by atoms with Gasteiger partial charge in [0.2, 0.25) is 5.75 Å². The van der Waals surface area contributed by atoms with E-state index in [0.717, 1.165) is 12.0 Å². The van der Waals surface area contributed by atoms with Crippen LogP contribution < -0.4 is 14.2 Å². The number of esters is 1. The van der Waals surface area contributed by atoms with Crippen LogP contribution >= 0.6 is 0 Å². The summed E-state index contributed by atoms with van der Waals surface area (Å²) in [7, 11) is 6.12. The smallest absolute Gasteiger partial charge is 0.309 e. The highest BCUT2D eigenvalue weighted by molar-refractivity contribution is 5.77. The first-order valence-electron chi connectivity index (χ1n) is 6.04. The molecule has 2 rings (SSSR count). The van der Waals surface area contributed by atoms with Crippen molar-refractivity contribution in [3.63, 3.8) is 0 Å². The summed E-state index contributed by atoms with van der Waals surface area (Å²) in [5.41, 5.74) is 1.00. The Kier molecular flexibility index (Phi) is 3.83. The van der Waals surface area contributed by atoms with Gasteiger partial charge in [-0.1, -0.05) is 0 Å². The first-order valence-corrected chi connectivity index (χ1v) is 6.04. The van der Waals surface area contributed by atoms with Crippen LogP contribution in [0.2, 0.25) is 0 Å². The van der Waals surface area contributed by atoms with E-state index in [1.807, 2.05) is 12.1 Å². The van der Waals surface area contributed by atoms with Gasteiger partial charge in [-0.25, -0.2) is 0 Å². The molecule has 5 heteroatoms. The summed E-state index contributed by atoms with van der Waals surface area (Å²) in [5.74, 6) is 1.71. The fourth-order valence-corrected chi connectivity index (χ4v) is 2.29. The Balaban J connectivity index is 2.31. The molecular weight excluding hydrogens is 248 g/mol. The van der Waals surface area contributed by atoms with Gasteiger partial charge in [0.05, 0.1) is 34.4 Å². The fourth-order valence-electron chi connectivity index (χ4n) is 2.29. The minimum Gasteiger partial charge on any atom is -0.493 e. The van der Waals surface area contributed by atoms with Gasteiger partial charge in [-0.2, -0.15) is 0 Å². The number of carbonyl (C=O) groups excluding carboxylic acids is 1. The number of hydrogen-bond acceptors (Lipinski definition) is 5. The molecule has 0 N–H and O–H groups in total. The highest BCUT2D eigenvalue weighted by Gasteiger charge is 2.45. The molecular formula is C14H18O5. The molecule has 1 aliphatic carbocycles. The highest BCUT2D eigenvalue weighted by atomic mass is 16.5. The molecule has 0 aromatic heterocycles. The third-order valence-electron chi connectivity index (χ3n) is 3.41. The van der Waals surface area contributed by atoms with Gasteiger partial charge in [0.25, 0.3) is 0 Å². The van der Waals surface area contributed by atoms with Gasteiger partial charge in [-0.05, 0) is 30.0 Å². The monoisotopic (exact) mass is 266 g/mol. The van der Waals surface area contributed by atoms with Crippen molar-refractivity contribution >= 4 is 5.97 Å². The summed E-state index contributed by atoms with van der Waals surface area (Å²) < 4.78 is 20.6. The molecule has 2 atom stereocenters. The second-order valence-corrected chi connectivity index (χ2v) is 4.43. The van der Waals surface area contributed by atoms with Crippen molar-refractivity contribution in [3.05, 3.63) is 17.7 Å². The molecule has 1 aliphatic rings. The van der Waals surface area contributed by atoms with Crippen LogP contribution in [0.5, 0.6) is 17.2 Å². The molecule has 0 aliphatic heterocycles. The number of rotatable bonds is 5.